The van der Waals surface area contributed by atoms with E-state index in [1.165, 1.54) is 6.92 Å². The van der Waals surface area contributed by atoms with Crippen LogP contribution in [0.5, 0.6) is 0 Å². The van der Waals surface area contributed by atoms with Crippen molar-refractivity contribution in [1.29, 1.82) is 0 Å². The van der Waals surface area contributed by atoms with Gasteiger partial charge in [0.15, 0.2) is 0 Å². The minimum Gasteiger partial charge on any atom is -0.396 e. The van der Waals surface area contributed by atoms with E-state index in [0.717, 1.165) is 12.1 Å². The smallest absolute Gasteiger partial charge is 0.396 e. The van der Waals surface area contributed by atoms with E-state index in [-0.39, 0.29) is 18.4 Å². The Balaban J connectivity index is 2.40. The first kappa shape index (κ1) is 15.0. The second kappa shape index (κ2) is 4.32. The highest BCUT2D eigenvalue weighted by atomic mass is 32.2. The number of benzene rings is 1. The third-order valence-electron chi connectivity index (χ3n) is 3.21. The highest BCUT2D eigenvalue weighted by Gasteiger charge is 2.65. The van der Waals surface area contributed by atoms with Gasteiger partial charge in [-0.2, -0.15) is 17.9 Å². The van der Waals surface area contributed by atoms with E-state index in [2.05, 4.69) is 0 Å². The van der Waals surface area contributed by atoms with Crippen molar-refractivity contribution in [2.45, 2.75) is 36.4 Å². The second-order valence-corrected chi connectivity index (χ2v) is 6.48. The maximum Gasteiger partial charge on any atom is 0.407 e. The standard InChI is InChI=1S/C11H12F4N2O2S/c1-6-4-7(12)8(16)5-9(6)20(18,19)17-10(2-3-10)11(13,14)15/h4-5,17H,2-3,16H2,1H3. The number of anilines is 1. The molecule has 20 heavy (non-hydrogen) atoms. The Morgan fingerprint density at radius 1 is 1.30 bits per heavy atom. The molecule has 4 nitrogen and oxygen atoms in total. The maximum absolute atomic E-state index is 13.2. The van der Waals surface area contributed by atoms with Crippen LogP contribution in [0.2, 0.25) is 0 Å². The van der Waals surface area contributed by atoms with Crippen molar-refractivity contribution >= 4 is 15.7 Å². The molecular weight excluding hydrogens is 300 g/mol. The maximum atomic E-state index is 13.2. The van der Waals surface area contributed by atoms with Crippen LogP contribution >= 0.6 is 0 Å². The van der Waals surface area contributed by atoms with Crippen LogP contribution in [-0.4, -0.2) is 20.1 Å². The van der Waals surface area contributed by atoms with Crippen molar-refractivity contribution < 1.29 is 26.0 Å². The first-order chi connectivity index (χ1) is 8.98. The van der Waals surface area contributed by atoms with E-state index in [0.29, 0.717) is 0 Å². The van der Waals surface area contributed by atoms with Gasteiger partial charge in [-0.15, -0.1) is 0 Å². The van der Waals surface area contributed by atoms with Gasteiger partial charge < -0.3 is 5.73 Å². The van der Waals surface area contributed by atoms with Crippen molar-refractivity contribution in [2.75, 3.05) is 5.73 Å². The average Bonchev–Trinajstić information content (AvgIpc) is 3.02. The van der Waals surface area contributed by atoms with Crippen LogP contribution in [0.3, 0.4) is 0 Å². The van der Waals surface area contributed by atoms with E-state index in [1.54, 1.807) is 4.72 Å². The number of rotatable bonds is 3. The Kier molecular flexibility index (Phi) is 3.25. The lowest BCUT2D eigenvalue weighted by Gasteiger charge is -2.21. The van der Waals surface area contributed by atoms with E-state index in [1.807, 2.05) is 0 Å². The van der Waals surface area contributed by atoms with E-state index in [4.69, 9.17) is 5.73 Å². The number of hydrogen-bond acceptors (Lipinski definition) is 3. The van der Waals surface area contributed by atoms with Crippen molar-refractivity contribution in [1.82, 2.24) is 4.72 Å². The fourth-order valence-electron chi connectivity index (χ4n) is 1.84. The van der Waals surface area contributed by atoms with Gasteiger partial charge in [0.25, 0.3) is 0 Å². The molecule has 0 radical (unpaired) electrons. The molecular formula is C11H12F4N2O2S. The van der Waals surface area contributed by atoms with Crippen LogP contribution in [0, 0.1) is 12.7 Å². The van der Waals surface area contributed by atoms with Gasteiger partial charge in [0.2, 0.25) is 10.0 Å². The Labute approximate surface area is 113 Å². The summed E-state index contributed by atoms with van der Waals surface area (Å²) in [5.74, 6) is -0.821. The normalized spacial score (nSPS) is 18.1. The molecule has 0 aromatic heterocycles. The Hall–Kier alpha value is -1.35. The number of hydrogen-bond donors (Lipinski definition) is 2. The molecule has 1 aliphatic carbocycles. The molecule has 0 atom stereocenters. The summed E-state index contributed by atoms with van der Waals surface area (Å²) in [6, 6.07) is 1.69. The molecule has 0 amide bonds. The van der Waals surface area contributed by atoms with Crippen molar-refractivity contribution in [3.8, 4) is 0 Å². The van der Waals surface area contributed by atoms with Crippen LogP contribution < -0.4 is 10.5 Å². The van der Waals surface area contributed by atoms with Gasteiger partial charge in [0.1, 0.15) is 11.4 Å². The first-order valence-electron chi connectivity index (χ1n) is 5.65. The summed E-state index contributed by atoms with van der Waals surface area (Å²) < 4.78 is 77.2. The summed E-state index contributed by atoms with van der Waals surface area (Å²) in [4.78, 5) is -0.452. The van der Waals surface area contributed by atoms with Gasteiger partial charge in [-0.1, -0.05) is 0 Å². The molecule has 0 bridgehead atoms. The third kappa shape index (κ3) is 2.47. The highest BCUT2D eigenvalue weighted by Crippen LogP contribution is 2.49. The van der Waals surface area contributed by atoms with Crippen molar-refractivity contribution in [2.24, 2.45) is 0 Å². The third-order valence-corrected chi connectivity index (χ3v) is 4.88. The fraction of sp³-hybridized carbons (Fsp3) is 0.455. The van der Waals surface area contributed by atoms with E-state index < -0.39 is 38.1 Å². The van der Waals surface area contributed by atoms with Gasteiger partial charge in [0.05, 0.1) is 10.6 Å². The first-order valence-corrected chi connectivity index (χ1v) is 7.13. The topological polar surface area (TPSA) is 72.2 Å². The molecule has 3 N–H and O–H groups in total. The van der Waals surface area contributed by atoms with Crippen LogP contribution in [0.4, 0.5) is 23.2 Å². The number of sulfonamides is 1. The van der Waals surface area contributed by atoms with E-state index in [9.17, 15) is 26.0 Å². The average molecular weight is 312 g/mol. The number of alkyl halides is 3. The Bertz CT molecular complexity index is 651. The zero-order chi connectivity index (χ0) is 15.3. The van der Waals surface area contributed by atoms with Gasteiger partial charge in [-0.25, -0.2) is 12.8 Å². The fourth-order valence-corrected chi connectivity index (χ4v) is 3.55. The quantitative estimate of drug-likeness (QED) is 0.663. The van der Waals surface area contributed by atoms with Crippen LogP contribution in [-0.2, 0) is 10.0 Å². The lowest BCUT2D eigenvalue weighted by atomic mass is 10.2. The highest BCUT2D eigenvalue weighted by molar-refractivity contribution is 7.89. The van der Waals surface area contributed by atoms with E-state index >= 15 is 0 Å². The number of nitrogen functional groups attached to an aromatic ring is 1. The molecule has 1 aromatic carbocycles. The lowest BCUT2D eigenvalue weighted by molar-refractivity contribution is -0.160. The predicted molar refractivity (Wildman–Crippen MR) is 63.9 cm³/mol. The molecule has 1 aliphatic rings. The SMILES string of the molecule is Cc1cc(F)c(N)cc1S(=O)(=O)NC1(C(F)(F)F)CC1. The van der Waals surface area contributed by atoms with Gasteiger partial charge >= 0.3 is 6.18 Å². The number of aryl methyl sites for hydroxylation is 1. The molecule has 2 rings (SSSR count). The second-order valence-electron chi connectivity index (χ2n) is 4.82. The number of nitrogens with one attached hydrogen (secondary N) is 1. The lowest BCUT2D eigenvalue weighted by Crippen LogP contribution is -2.47. The number of nitrogens with two attached hydrogens (primary N) is 1. The molecule has 1 aromatic rings. The molecule has 112 valence electrons. The van der Waals surface area contributed by atoms with Crippen molar-refractivity contribution in [3.63, 3.8) is 0 Å². The minimum atomic E-state index is -4.67. The summed E-state index contributed by atoms with van der Waals surface area (Å²) >= 11 is 0. The Morgan fingerprint density at radius 2 is 1.85 bits per heavy atom. The largest absolute Gasteiger partial charge is 0.407 e. The summed E-state index contributed by atoms with van der Waals surface area (Å²) in [6.07, 6.45) is -5.30. The summed E-state index contributed by atoms with van der Waals surface area (Å²) in [7, 11) is -4.43. The predicted octanol–water partition coefficient (Wildman–Crippen LogP) is 2.09. The van der Waals surface area contributed by atoms with Crippen LogP contribution in [0.15, 0.2) is 17.0 Å². The van der Waals surface area contributed by atoms with Gasteiger partial charge in [-0.05, 0) is 37.5 Å². The zero-order valence-corrected chi connectivity index (χ0v) is 11.2. The molecule has 1 fully saturated rings. The van der Waals surface area contributed by atoms with Crippen LogP contribution in [0.1, 0.15) is 18.4 Å². The summed E-state index contributed by atoms with van der Waals surface area (Å²) in [5, 5.41) is 0. The molecule has 1 saturated carbocycles. The van der Waals surface area contributed by atoms with Crippen molar-refractivity contribution in [3.05, 3.63) is 23.5 Å². The molecule has 0 aliphatic heterocycles. The molecule has 9 heteroatoms. The zero-order valence-electron chi connectivity index (χ0n) is 10.4. The van der Waals surface area contributed by atoms with Gasteiger partial charge in [0, 0.05) is 0 Å². The molecule has 0 saturated heterocycles. The molecule has 0 unspecified atom stereocenters. The summed E-state index contributed by atoms with van der Waals surface area (Å²) in [6.45, 7) is 1.28. The molecule has 0 spiro atoms. The minimum absolute atomic E-state index is 0.0119. The Morgan fingerprint density at radius 3 is 2.30 bits per heavy atom. The molecule has 0 heterocycles. The van der Waals surface area contributed by atoms with Gasteiger partial charge in [-0.3, -0.25) is 0 Å². The number of halogens is 4. The summed E-state index contributed by atoms with van der Waals surface area (Å²) in [5.41, 5.74) is 2.40. The van der Waals surface area contributed by atoms with Crippen LogP contribution in [0.25, 0.3) is 0 Å². The monoisotopic (exact) mass is 312 g/mol.